The molecule has 6 heteroatoms. The molecule has 1 aromatic carbocycles. The molecule has 0 aliphatic carbocycles. The highest BCUT2D eigenvalue weighted by Crippen LogP contribution is 2.29. The molecular weight excluding hydrogens is 328 g/mol. The van der Waals surface area contributed by atoms with Crippen LogP contribution in [-0.4, -0.2) is 37.9 Å². The summed E-state index contributed by atoms with van der Waals surface area (Å²) in [6.45, 7) is 4.85. The van der Waals surface area contributed by atoms with Gasteiger partial charge in [0.2, 0.25) is 5.91 Å². The zero-order chi connectivity index (χ0) is 18.3. The Bertz CT molecular complexity index is 985. The topological polar surface area (TPSA) is 71.0 Å². The van der Waals surface area contributed by atoms with E-state index in [0.717, 1.165) is 28.6 Å². The molecule has 1 aliphatic heterocycles. The Kier molecular flexibility index (Phi) is 4.11. The van der Waals surface area contributed by atoms with Gasteiger partial charge in [-0.25, -0.2) is 0 Å². The molecule has 1 aliphatic rings. The molecule has 0 saturated carbocycles. The molecule has 26 heavy (non-hydrogen) atoms. The maximum absolute atomic E-state index is 13.3. The largest absolute Gasteiger partial charge is 0.336 e. The highest BCUT2D eigenvalue weighted by atomic mass is 16.2. The number of amides is 1. The maximum Gasteiger partial charge on any atom is 0.245 e. The van der Waals surface area contributed by atoms with E-state index in [1.165, 1.54) is 0 Å². The van der Waals surface area contributed by atoms with E-state index in [0.29, 0.717) is 25.1 Å². The van der Waals surface area contributed by atoms with Gasteiger partial charge in [-0.2, -0.15) is 5.10 Å². The van der Waals surface area contributed by atoms with Crippen LogP contribution in [0.25, 0.3) is 10.9 Å². The molecule has 1 atom stereocenters. The molecular formula is C20H22N4O2. The van der Waals surface area contributed by atoms with Gasteiger partial charge >= 0.3 is 0 Å². The first-order valence-corrected chi connectivity index (χ1v) is 9.00. The first-order chi connectivity index (χ1) is 12.6. The van der Waals surface area contributed by atoms with Crippen LogP contribution in [0.4, 0.5) is 0 Å². The lowest BCUT2D eigenvalue weighted by atomic mass is 10.1. The lowest BCUT2D eigenvalue weighted by Crippen LogP contribution is -2.40. The van der Waals surface area contributed by atoms with Crippen molar-refractivity contribution in [2.24, 2.45) is 0 Å². The number of rotatable bonds is 4. The van der Waals surface area contributed by atoms with Crippen LogP contribution in [0, 0.1) is 0 Å². The number of nitrogens with one attached hydrogen (secondary N) is 1. The number of benzene rings is 1. The van der Waals surface area contributed by atoms with E-state index >= 15 is 0 Å². The van der Waals surface area contributed by atoms with Gasteiger partial charge < -0.3 is 9.47 Å². The fourth-order valence-electron chi connectivity index (χ4n) is 3.85. The molecule has 0 spiro atoms. The number of hydrogen-bond donors (Lipinski definition) is 1. The van der Waals surface area contributed by atoms with Gasteiger partial charge in [0.15, 0.2) is 5.78 Å². The van der Waals surface area contributed by atoms with Crippen molar-refractivity contribution >= 4 is 22.6 Å². The number of nitrogens with zero attached hydrogens (tertiary/aromatic N) is 3. The normalized spacial score (nSPS) is 15.1. The standard InChI is InChI=1S/C20H22N4O2/c1-3-18(20(26)23-9-8-17-14(11-23)10-21-22-17)24-12-16(13(2)25)15-6-4-5-7-19(15)24/h4-7,10,12,18H,3,8-9,11H2,1-2H3,(H,21,22)/t18-/m1/s1. The van der Waals surface area contributed by atoms with E-state index in [9.17, 15) is 9.59 Å². The fourth-order valence-corrected chi connectivity index (χ4v) is 3.85. The van der Waals surface area contributed by atoms with Gasteiger partial charge in [0, 0.05) is 53.4 Å². The fraction of sp³-hybridized carbons (Fsp3) is 0.350. The summed E-state index contributed by atoms with van der Waals surface area (Å²) in [7, 11) is 0. The van der Waals surface area contributed by atoms with E-state index < -0.39 is 0 Å². The SMILES string of the molecule is CC[C@H](C(=O)N1CCc2[nH]ncc2C1)n1cc(C(C)=O)c2ccccc21. The molecule has 134 valence electrons. The summed E-state index contributed by atoms with van der Waals surface area (Å²) >= 11 is 0. The smallest absolute Gasteiger partial charge is 0.245 e. The summed E-state index contributed by atoms with van der Waals surface area (Å²) in [4.78, 5) is 27.2. The molecule has 0 bridgehead atoms. The Balaban J connectivity index is 1.71. The Labute approximate surface area is 151 Å². The van der Waals surface area contributed by atoms with Crippen LogP contribution in [0.1, 0.15) is 47.9 Å². The van der Waals surface area contributed by atoms with Crippen LogP contribution in [0.2, 0.25) is 0 Å². The molecule has 0 unspecified atom stereocenters. The first kappa shape index (κ1) is 16.6. The average Bonchev–Trinajstić information content (AvgIpc) is 3.26. The highest BCUT2D eigenvalue weighted by molar-refractivity contribution is 6.07. The lowest BCUT2D eigenvalue weighted by molar-refractivity contribution is -0.135. The van der Waals surface area contributed by atoms with E-state index in [4.69, 9.17) is 0 Å². The van der Waals surface area contributed by atoms with Gasteiger partial charge in [-0.15, -0.1) is 0 Å². The number of Topliss-reactive ketones (excluding diaryl/α,β-unsaturated/α-hetero) is 1. The maximum atomic E-state index is 13.3. The Hall–Kier alpha value is -2.89. The second kappa shape index (κ2) is 6.44. The lowest BCUT2D eigenvalue weighted by Gasteiger charge is -2.30. The van der Waals surface area contributed by atoms with E-state index in [2.05, 4.69) is 10.2 Å². The number of ketones is 1. The molecule has 1 amide bonds. The predicted octanol–water partition coefficient (Wildman–Crippen LogP) is 3.10. The van der Waals surface area contributed by atoms with Crippen molar-refractivity contribution in [2.75, 3.05) is 6.54 Å². The predicted molar refractivity (Wildman–Crippen MR) is 99.0 cm³/mol. The average molecular weight is 350 g/mol. The third-order valence-corrected chi connectivity index (χ3v) is 5.24. The third kappa shape index (κ3) is 2.62. The molecule has 6 nitrogen and oxygen atoms in total. The second-order valence-corrected chi connectivity index (χ2v) is 6.83. The quantitative estimate of drug-likeness (QED) is 0.735. The molecule has 0 radical (unpaired) electrons. The van der Waals surface area contributed by atoms with Crippen LogP contribution >= 0.6 is 0 Å². The minimum atomic E-state index is -0.318. The van der Waals surface area contributed by atoms with Crippen LogP contribution < -0.4 is 0 Å². The van der Waals surface area contributed by atoms with Crippen molar-refractivity contribution in [3.8, 4) is 0 Å². The van der Waals surface area contributed by atoms with E-state index in [1.54, 1.807) is 13.1 Å². The number of fused-ring (bicyclic) bond motifs is 2. The summed E-state index contributed by atoms with van der Waals surface area (Å²) in [5, 5.41) is 7.98. The molecule has 4 rings (SSSR count). The minimum Gasteiger partial charge on any atom is -0.336 e. The molecule has 3 aromatic rings. The summed E-state index contributed by atoms with van der Waals surface area (Å²) in [6.07, 6.45) is 5.10. The summed E-state index contributed by atoms with van der Waals surface area (Å²) in [5.74, 6) is 0.110. The van der Waals surface area contributed by atoms with Gasteiger partial charge in [-0.3, -0.25) is 14.7 Å². The van der Waals surface area contributed by atoms with Crippen LogP contribution in [-0.2, 0) is 17.8 Å². The van der Waals surface area contributed by atoms with Gasteiger partial charge in [0.25, 0.3) is 0 Å². The summed E-state index contributed by atoms with van der Waals surface area (Å²) in [5.41, 5.74) is 3.80. The molecule has 0 fully saturated rings. The van der Waals surface area contributed by atoms with Crippen molar-refractivity contribution < 1.29 is 9.59 Å². The van der Waals surface area contributed by atoms with Crippen molar-refractivity contribution in [1.29, 1.82) is 0 Å². The van der Waals surface area contributed by atoms with Gasteiger partial charge in [-0.1, -0.05) is 25.1 Å². The zero-order valence-corrected chi connectivity index (χ0v) is 15.0. The first-order valence-electron chi connectivity index (χ1n) is 9.00. The summed E-state index contributed by atoms with van der Waals surface area (Å²) < 4.78 is 1.97. The Morgan fingerprint density at radius 3 is 2.88 bits per heavy atom. The monoisotopic (exact) mass is 350 g/mol. The van der Waals surface area contributed by atoms with Crippen LogP contribution in [0.5, 0.6) is 0 Å². The van der Waals surface area contributed by atoms with Gasteiger partial charge in [-0.05, 0) is 19.4 Å². The molecule has 0 saturated heterocycles. The number of hydrogen-bond acceptors (Lipinski definition) is 3. The Morgan fingerprint density at radius 1 is 1.31 bits per heavy atom. The molecule has 3 heterocycles. The van der Waals surface area contributed by atoms with E-state index in [-0.39, 0.29) is 17.7 Å². The Morgan fingerprint density at radius 2 is 2.12 bits per heavy atom. The number of aromatic nitrogens is 3. The van der Waals surface area contributed by atoms with Crippen LogP contribution in [0.15, 0.2) is 36.7 Å². The van der Waals surface area contributed by atoms with Crippen molar-refractivity contribution in [1.82, 2.24) is 19.7 Å². The summed E-state index contributed by atoms with van der Waals surface area (Å²) in [6, 6.07) is 7.47. The van der Waals surface area contributed by atoms with Crippen molar-refractivity contribution in [3.05, 3.63) is 53.5 Å². The van der Waals surface area contributed by atoms with Crippen LogP contribution in [0.3, 0.4) is 0 Å². The third-order valence-electron chi connectivity index (χ3n) is 5.24. The number of aromatic amines is 1. The second-order valence-electron chi connectivity index (χ2n) is 6.83. The van der Waals surface area contributed by atoms with E-state index in [1.807, 2.05) is 46.9 Å². The zero-order valence-electron chi connectivity index (χ0n) is 15.0. The minimum absolute atomic E-state index is 0.0169. The highest BCUT2D eigenvalue weighted by Gasteiger charge is 2.29. The molecule has 1 N–H and O–H groups in total. The van der Waals surface area contributed by atoms with Gasteiger partial charge in [0.1, 0.15) is 6.04 Å². The van der Waals surface area contributed by atoms with Crippen molar-refractivity contribution in [2.45, 2.75) is 39.3 Å². The number of carbonyl (C=O) groups excluding carboxylic acids is 2. The molecule has 2 aromatic heterocycles. The number of carbonyl (C=O) groups is 2. The number of H-pyrrole nitrogens is 1. The number of para-hydroxylation sites is 1. The van der Waals surface area contributed by atoms with Crippen molar-refractivity contribution in [3.63, 3.8) is 0 Å². The van der Waals surface area contributed by atoms with Gasteiger partial charge in [0.05, 0.1) is 6.20 Å².